The lowest BCUT2D eigenvalue weighted by molar-refractivity contribution is -0.130. The molecule has 1 aromatic rings. The number of rotatable bonds is 4. The molecular formula is C17H23NO4. The first-order chi connectivity index (χ1) is 10.8. The molecule has 0 bridgehead atoms. The third kappa shape index (κ3) is 3.35. The van der Waals surface area contributed by atoms with Crippen LogP contribution in [0.1, 0.15) is 50.4 Å². The molecule has 3 heterocycles. The predicted molar refractivity (Wildman–Crippen MR) is 80.9 cm³/mol. The van der Waals surface area contributed by atoms with Crippen LogP contribution in [0, 0.1) is 0 Å². The first-order valence-electron chi connectivity index (χ1n) is 8.09. The van der Waals surface area contributed by atoms with Gasteiger partial charge in [-0.1, -0.05) is 12.8 Å². The van der Waals surface area contributed by atoms with Crippen molar-refractivity contribution >= 4 is 5.91 Å². The van der Waals surface area contributed by atoms with Crippen molar-refractivity contribution < 1.29 is 19.1 Å². The minimum Gasteiger partial charge on any atom is -0.500 e. The molecule has 2 aliphatic rings. The van der Waals surface area contributed by atoms with Crippen LogP contribution in [0.5, 0.6) is 0 Å². The number of amides is 1. The Morgan fingerprint density at radius 2 is 2.32 bits per heavy atom. The highest BCUT2D eigenvalue weighted by atomic mass is 16.5. The molecular weight excluding hydrogens is 282 g/mol. The van der Waals surface area contributed by atoms with Crippen LogP contribution in [0.15, 0.2) is 34.6 Å². The highest BCUT2D eigenvalue weighted by molar-refractivity contribution is 5.93. The molecule has 0 radical (unpaired) electrons. The van der Waals surface area contributed by atoms with Gasteiger partial charge < -0.3 is 19.2 Å². The van der Waals surface area contributed by atoms with Gasteiger partial charge in [0, 0.05) is 25.4 Å². The zero-order chi connectivity index (χ0) is 15.4. The largest absolute Gasteiger partial charge is 0.500 e. The fourth-order valence-electron chi connectivity index (χ4n) is 3.27. The van der Waals surface area contributed by atoms with Gasteiger partial charge in [-0.2, -0.15) is 0 Å². The lowest BCUT2D eigenvalue weighted by Gasteiger charge is -2.31. The quantitative estimate of drug-likeness (QED) is 0.929. The van der Waals surface area contributed by atoms with Crippen molar-refractivity contribution in [2.45, 2.75) is 50.7 Å². The van der Waals surface area contributed by atoms with E-state index in [0.29, 0.717) is 25.2 Å². The van der Waals surface area contributed by atoms with Gasteiger partial charge >= 0.3 is 0 Å². The molecule has 2 atom stereocenters. The molecule has 3 rings (SSSR count). The van der Waals surface area contributed by atoms with Gasteiger partial charge in [0.05, 0.1) is 24.7 Å². The average molecular weight is 305 g/mol. The number of carbonyl (C=O) groups excluding carboxylic acids is 1. The van der Waals surface area contributed by atoms with Gasteiger partial charge in [0.25, 0.3) is 5.91 Å². The summed E-state index contributed by atoms with van der Waals surface area (Å²) in [6, 6.07) is 3.60. The zero-order valence-electron chi connectivity index (χ0n) is 12.7. The molecule has 0 saturated carbocycles. The highest BCUT2D eigenvalue weighted by Crippen LogP contribution is 2.28. The van der Waals surface area contributed by atoms with Gasteiger partial charge in [-0.15, -0.1) is 0 Å². The van der Waals surface area contributed by atoms with Crippen LogP contribution in [0.3, 0.4) is 0 Å². The van der Waals surface area contributed by atoms with Crippen molar-refractivity contribution in [1.29, 1.82) is 0 Å². The normalized spacial score (nSPS) is 23.6. The Morgan fingerprint density at radius 3 is 3.05 bits per heavy atom. The summed E-state index contributed by atoms with van der Waals surface area (Å²) in [5.41, 5.74) is 0.749. The van der Waals surface area contributed by atoms with E-state index in [4.69, 9.17) is 9.15 Å². The number of furan rings is 1. The van der Waals surface area contributed by atoms with Crippen molar-refractivity contribution in [2.24, 2.45) is 0 Å². The Bertz CT molecular complexity index is 523. The van der Waals surface area contributed by atoms with Crippen LogP contribution in [0.25, 0.3) is 0 Å². The van der Waals surface area contributed by atoms with E-state index in [2.05, 4.69) is 0 Å². The second-order valence-electron chi connectivity index (χ2n) is 6.03. The molecule has 2 unspecified atom stereocenters. The Balaban J connectivity index is 1.71. The van der Waals surface area contributed by atoms with Crippen molar-refractivity contribution in [3.05, 3.63) is 36.0 Å². The topological polar surface area (TPSA) is 62.9 Å². The third-order valence-electron chi connectivity index (χ3n) is 4.49. The first-order valence-corrected chi connectivity index (χ1v) is 8.09. The van der Waals surface area contributed by atoms with Crippen LogP contribution in [0.4, 0.5) is 0 Å². The predicted octanol–water partition coefficient (Wildman–Crippen LogP) is 2.78. The van der Waals surface area contributed by atoms with Gasteiger partial charge in [0.15, 0.2) is 0 Å². The van der Waals surface area contributed by atoms with E-state index in [1.54, 1.807) is 24.7 Å². The van der Waals surface area contributed by atoms with Gasteiger partial charge in [0.2, 0.25) is 0 Å². The standard InChI is InChI=1S/C17H23NO4/c19-15(16-6-4-9-22-16)11-14-5-2-1-3-8-18(14)17(20)13-7-10-21-12-13/h4,6,9,12,14-15,19H,1-3,5,7-8,10-11H2. The molecule has 0 spiro atoms. The van der Waals surface area contributed by atoms with Crippen molar-refractivity contribution in [3.8, 4) is 0 Å². The van der Waals surface area contributed by atoms with E-state index in [1.165, 1.54) is 0 Å². The number of hydrogen-bond donors (Lipinski definition) is 1. The number of hydrogen-bond acceptors (Lipinski definition) is 4. The zero-order valence-corrected chi connectivity index (χ0v) is 12.7. The third-order valence-corrected chi connectivity index (χ3v) is 4.49. The highest BCUT2D eigenvalue weighted by Gasteiger charge is 2.31. The Kier molecular flexibility index (Phi) is 4.83. The summed E-state index contributed by atoms with van der Waals surface area (Å²) in [6.45, 7) is 1.35. The maximum atomic E-state index is 12.7. The van der Waals surface area contributed by atoms with Crippen LogP contribution in [0.2, 0.25) is 0 Å². The Morgan fingerprint density at radius 1 is 1.41 bits per heavy atom. The maximum Gasteiger partial charge on any atom is 0.253 e. The lowest BCUT2D eigenvalue weighted by atomic mass is 10.0. The van der Waals surface area contributed by atoms with Crippen LogP contribution in [-0.2, 0) is 9.53 Å². The molecule has 1 saturated heterocycles. The maximum absolute atomic E-state index is 12.7. The molecule has 0 aromatic carbocycles. The molecule has 22 heavy (non-hydrogen) atoms. The van der Waals surface area contributed by atoms with Crippen molar-refractivity contribution in [3.63, 3.8) is 0 Å². The van der Waals surface area contributed by atoms with E-state index in [9.17, 15) is 9.90 Å². The molecule has 1 fully saturated rings. The number of aliphatic hydroxyl groups excluding tert-OH is 1. The fourth-order valence-corrected chi connectivity index (χ4v) is 3.27. The molecule has 120 valence electrons. The molecule has 5 heteroatoms. The summed E-state index contributed by atoms with van der Waals surface area (Å²) in [7, 11) is 0. The van der Waals surface area contributed by atoms with Gasteiger partial charge in [-0.3, -0.25) is 4.79 Å². The second kappa shape index (κ2) is 7.01. The summed E-state index contributed by atoms with van der Waals surface area (Å²) in [4.78, 5) is 14.6. The van der Waals surface area contributed by atoms with E-state index in [-0.39, 0.29) is 11.9 Å². The van der Waals surface area contributed by atoms with Gasteiger partial charge in [-0.25, -0.2) is 0 Å². The average Bonchev–Trinajstić information content (AvgIpc) is 3.18. The second-order valence-corrected chi connectivity index (χ2v) is 6.03. The Labute approximate surface area is 130 Å². The molecule has 5 nitrogen and oxygen atoms in total. The minimum atomic E-state index is -0.665. The Hall–Kier alpha value is -1.75. The van der Waals surface area contributed by atoms with E-state index < -0.39 is 6.10 Å². The lowest BCUT2D eigenvalue weighted by Crippen LogP contribution is -2.41. The van der Waals surface area contributed by atoms with E-state index in [0.717, 1.165) is 37.8 Å². The summed E-state index contributed by atoms with van der Waals surface area (Å²) >= 11 is 0. The van der Waals surface area contributed by atoms with Gasteiger partial charge in [-0.05, 0) is 25.0 Å². The van der Waals surface area contributed by atoms with Crippen molar-refractivity contribution in [2.75, 3.05) is 13.2 Å². The van der Waals surface area contributed by atoms with Crippen LogP contribution < -0.4 is 0 Å². The summed E-state index contributed by atoms with van der Waals surface area (Å²) in [6.07, 6.45) is 7.87. The van der Waals surface area contributed by atoms with E-state index >= 15 is 0 Å². The number of carbonyl (C=O) groups is 1. The molecule has 1 N–H and O–H groups in total. The first kappa shape index (κ1) is 15.2. The molecule has 0 aliphatic carbocycles. The van der Waals surface area contributed by atoms with E-state index in [1.807, 2.05) is 4.90 Å². The smallest absolute Gasteiger partial charge is 0.253 e. The van der Waals surface area contributed by atoms with Crippen LogP contribution >= 0.6 is 0 Å². The molecule has 1 amide bonds. The van der Waals surface area contributed by atoms with Crippen LogP contribution in [-0.4, -0.2) is 35.1 Å². The minimum absolute atomic E-state index is 0.0524. The van der Waals surface area contributed by atoms with Crippen molar-refractivity contribution in [1.82, 2.24) is 4.90 Å². The summed E-state index contributed by atoms with van der Waals surface area (Å²) < 4.78 is 10.5. The molecule has 2 aliphatic heterocycles. The molecule has 1 aromatic heterocycles. The monoisotopic (exact) mass is 305 g/mol. The van der Waals surface area contributed by atoms with Gasteiger partial charge in [0.1, 0.15) is 11.9 Å². The number of ether oxygens (including phenoxy) is 1. The fraction of sp³-hybridized carbons (Fsp3) is 0.588. The summed E-state index contributed by atoms with van der Waals surface area (Å²) in [5, 5.41) is 10.3. The summed E-state index contributed by atoms with van der Waals surface area (Å²) in [5.74, 6) is 0.635. The SMILES string of the molecule is O=C(C1=COCC1)N1CCCCCC1CC(O)c1ccco1. The number of nitrogens with zero attached hydrogens (tertiary/aromatic N) is 1. The number of likely N-dealkylation sites (tertiary alicyclic amines) is 1. The number of aliphatic hydroxyl groups is 1.